The fourth-order valence-electron chi connectivity index (χ4n) is 2.22. The molecule has 0 unspecified atom stereocenters. The molecular formula is C13H16Cl2N2O2. The van der Waals surface area contributed by atoms with E-state index in [-0.39, 0.29) is 0 Å². The van der Waals surface area contributed by atoms with Crippen molar-refractivity contribution in [2.24, 2.45) is 5.73 Å². The zero-order valence-electron chi connectivity index (χ0n) is 10.4. The van der Waals surface area contributed by atoms with Gasteiger partial charge in [0.15, 0.2) is 0 Å². The Morgan fingerprint density at radius 2 is 1.95 bits per heavy atom. The maximum atomic E-state index is 11.1. The van der Waals surface area contributed by atoms with Crippen molar-refractivity contribution in [2.75, 3.05) is 13.1 Å². The number of primary amides is 1. The van der Waals surface area contributed by atoms with Crippen LogP contribution in [0.3, 0.4) is 0 Å². The monoisotopic (exact) mass is 302 g/mol. The molecule has 1 saturated heterocycles. The summed E-state index contributed by atoms with van der Waals surface area (Å²) in [6, 6.07) is 5.52. The first-order valence-corrected chi connectivity index (χ1v) is 6.85. The molecule has 2 rings (SSSR count). The Kier molecular flexibility index (Phi) is 4.36. The molecule has 104 valence electrons. The first-order valence-electron chi connectivity index (χ1n) is 6.09. The lowest BCUT2D eigenvalue weighted by atomic mass is 9.90. The van der Waals surface area contributed by atoms with E-state index in [4.69, 9.17) is 28.9 Å². The molecule has 0 saturated carbocycles. The van der Waals surface area contributed by atoms with E-state index in [1.807, 2.05) is 12.1 Å². The summed E-state index contributed by atoms with van der Waals surface area (Å²) in [5.74, 6) is -0.637. The normalized spacial score (nSPS) is 19.3. The van der Waals surface area contributed by atoms with Crippen molar-refractivity contribution >= 4 is 29.1 Å². The molecule has 0 aromatic heterocycles. The van der Waals surface area contributed by atoms with Gasteiger partial charge in [-0.1, -0.05) is 29.3 Å². The van der Waals surface area contributed by atoms with E-state index in [0.717, 1.165) is 5.56 Å². The molecule has 0 bridgehead atoms. The second-order valence-electron chi connectivity index (χ2n) is 4.92. The summed E-state index contributed by atoms with van der Waals surface area (Å²) in [7, 11) is 0. The summed E-state index contributed by atoms with van der Waals surface area (Å²) in [6.45, 7) is 1.96. The summed E-state index contributed by atoms with van der Waals surface area (Å²) in [4.78, 5) is 13.3. The number of piperidine rings is 1. The number of carbonyl (C=O) groups excluding carboxylic acids is 1. The first-order chi connectivity index (χ1) is 8.90. The smallest absolute Gasteiger partial charge is 0.249 e. The van der Waals surface area contributed by atoms with Gasteiger partial charge < -0.3 is 10.8 Å². The van der Waals surface area contributed by atoms with E-state index in [9.17, 15) is 9.90 Å². The van der Waals surface area contributed by atoms with E-state index in [1.165, 1.54) is 0 Å². The number of nitrogens with zero attached hydrogens (tertiary/aromatic N) is 1. The number of benzene rings is 1. The molecule has 1 amide bonds. The molecule has 0 spiro atoms. The van der Waals surface area contributed by atoms with Gasteiger partial charge in [0, 0.05) is 19.6 Å². The highest BCUT2D eigenvalue weighted by Gasteiger charge is 2.37. The lowest BCUT2D eigenvalue weighted by Crippen LogP contribution is -2.51. The standard InChI is InChI=1S/C13H16Cl2N2O2/c14-10-2-1-9(7-11(10)15)8-17-5-3-13(19,4-6-17)12(16)18/h1-2,7,19H,3-6,8H2,(H2,16,18). The van der Waals surface area contributed by atoms with Crippen LogP contribution in [-0.2, 0) is 11.3 Å². The number of halogens is 2. The van der Waals surface area contributed by atoms with Crippen LogP contribution in [-0.4, -0.2) is 34.6 Å². The summed E-state index contributed by atoms with van der Waals surface area (Å²) in [5.41, 5.74) is 4.90. The molecule has 19 heavy (non-hydrogen) atoms. The van der Waals surface area contributed by atoms with Gasteiger partial charge in [-0.25, -0.2) is 0 Å². The molecular weight excluding hydrogens is 287 g/mol. The lowest BCUT2D eigenvalue weighted by Gasteiger charge is -2.36. The highest BCUT2D eigenvalue weighted by atomic mass is 35.5. The Morgan fingerprint density at radius 1 is 1.32 bits per heavy atom. The van der Waals surface area contributed by atoms with Gasteiger partial charge in [-0.05, 0) is 30.5 Å². The minimum absolute atomic E-state index is 0.365. The SMILES string of the molecule is NC(=O)C1(O)CCN(Cc2ccc(Cl)c(Cl)c2)CC1. The highest BCUT2D eigenvalue weighted by Crippen LogP contribution is 2.26. The van der Waals surface area contributed by atoms with Crippen LogP contribution in [0.15, 0.2) is 18.2 Å². The first kappa shape index (κ1) is 14.6. The van der Waals surface area contributed by atoms with Gasteiger partial charge in [0.25, 0.3) is 0 Å². The predicted molar refractivity (Wildman–Crippen MR) is 75.1 cm³/mol. The second kappa shape index (κ2) is 5.67. The van der Waals surface area contributed by atoms with E-state index >= 15 is 0 Å². The van der Waals surface area contributed by atoms with Crippen LogP contribution in [0.25, 0.3) is 0 Å². The molecule has 1 aromatic rings. The molecule has 1 heterocycles. The van der Waals surface area contributed by atoms with Crippen LogP contribution in [0.4, 0.5) is 0 Å². The maximum Gasteiger partial charge on any atom is 0.249 e. The van der Waals surface area contributed by atoms with Crippen LogP contribution in [0.1, 0.15) is 18.4 Å². The molecule has 0 aliphatic carbocycles. The van der Waals surface area contributed by atoms with Crippen molar-refractivity contribution in [1.29, 1.82) is 0 Å². The molecule has 1 aliphatic rings. The Morgan fingerprint density at radius 3 is 2.47 bits per heavy atom. The lowest BCUT2D eigenvalue weighted by molar-refractivity contribution is -0.141. The van der Waals surface area contributed by atoms with Crippen molar-refractivity contribution in [1.82, 2.24) is 4.90 Å². The molecule has 1 aromatic carbocycles. The second-order valence-corrected chi connectivity index (χ2v) is 5.73. The van der Waals surface area contributed by atoms with Crippen molar-refractivity contribution in [2.45, 2.75) is 25.0 Å². The molecule has 1 fully saturated rings. The number of hydrogen-bond donors (Lipinski definition) is 2. The third-order valence-electron chi connectivity index (χ3n) is 3.53. The molecule has 4 nitrogen and oxygen atoms in total. The number of carbonyl (C=O) groups is 1. The average Bonchev–Trinajstić information content (AvgIpc) is 2.37. The Hall–Kier alpha value is -0.810. The topological polar surface area (TPSA) is 66.6 Å². The van der Waals surface area contributed by atoms with Crippen molar-refractivity contribution in [3.63, 3.8) is 0 Å². The molecule has 3 N–H and O–H groups in total. The third-order valence-corrected chi connectivity index (χ3v) is 4.27. The fourth-order valence-corrected chi connectivity index (χ4v) is 2.54. The van der Waals surface area contributed by atoms with Gasteiger partial charge in [-0.2, -0.15) is 0 Å². The summed E-state index contributed by atoms with van der Waals surface area (Å²) < 4.78 is 0. The van der Waals surface area contributed by atoms with Gasteiger partial charge in [-0.15, -0.1) is 0 Å². The van der Waals surface area contributed by atoms with Gasteiger partial charge in [-0.3, -0.25) is 9.69 Å². The van der Waals surface area contributed by atoms with E-state index in [1.54, 1.807) is 6.07 Å². The number of likely N-dealkylation sites (tertiary alicyclic amines) is 1. The van der Waals surface area contributed by atoms with Crippen LogP contribution in [0, 0.1) is 0 Å². The van der Waals surface area contributed by atoms with Gasteiger partial charge in [0.05, 0.1) is 10.0 Å². The van der Waals surface area contributed by atoms with Crippen LogP contribution < -0.4 is 5.73 Å². The molecule has 0 radical (unpaired) electrons. The summed E-state index contributed by atoms with van der Waals surface area (Å²) in [6.07, 6.45) is 0.729. The summed E-state index contributed by atoms with van der Waals surface area (Å²) >= 11 is 11.8. The van der Waals surface area contributed by atoms with Gasteiger partial charge in [0.2, 0.25) is 5.91 Å². The maximum absolute atomic E-state index is 11.1. The minimum Gasteiger partial charge on any atom is -0.380 e. The number of amides is 1. The number of rotatable bonds is 3. The van der Waals surface area contributed by atoms with Crippen LogP contribution >= 0.6 is 23.2 Å². The number of nitrogens with two attached hydrogens (primary N) is 1. The third kappa shape index (κ3) is 3.39. The number of aliphatic hydroxyl groups is 1. The van der Waals surface area contributed by atoms with Crippen molar-refractivity contribution in [3.05, 3.63) is 33.8 Å². The quantitative estimate of drug-likeness (QED) is 0.895. The average molecular weight is 303 g/mol. The van der Waals surface area contributed by atoms with Crippen molar-refractivity contribution in [3.8, 4) is 0 Å². The van der Waals surface area contributed by atoms with Crippen LogP contribution in [0.5, 0.6) is 0 Å². The molecule has 0 atom stereocenters. The summed E-state index contributed by atoms with van der Waals surface area (Å²) in [5, 5.41) is 11.0. The molecule has 1 aliphatic heterocycles. The molecule has 6 heteroatoms. The number of hydrogen-bond acceptors (Lipinski definition) is 3. The van der Waals surface area contributed by atoms with Gasteiger partial charge >= 0.3 is 0 Å². The Labute approximate surface area is 122 Å². The van der Waals surface area contributed by atoms with E-state index in [0.29, 0.717) is 42.5 Å². The fraction of sp³-hybridized carbons (Fsp3) is 0.462. The zero-order valence-corrected chi connectivity index (χ0v) is 11.9. The van der Waals surface area contributed by atoms with Crippen molar-refractivity contribution < 1.29 is 9.90 Å². The highest BCUT2D eigenvalue weighted by molar-refractivity contribution is 6.42. The van der Waals surface area contributed by atoms with E-state index in [2.05, 4.69) is 4.90 Å². The minimum atomic E-state index is -1.35. The predicted octanol–water partition coefficient (Wildman–Crippen LogP) is 1.81. The van der Waals surface area contributed by atoms with Gasteiger partial charge in [0.1, 0.15) is 5.60 Å². The van der Waals surface area contributed by atoms with E-state index < -0.39 is 11.5 Å². The largest absolute Gasteiger partial charge is 0.380 e. The Balaban J connectivity index is 1.95. The van der Waals surface area contributed by atoms with Crippen LogP contribution in [0.2, 0.25) is 10.0 Å². The Bertz CT molecular complexity index is 486. The zero-order chi connectivity index (χ0) is 14.0.